The molecule has 5 nitrogen and oxygen atoms in total. The molecule has 1 aliphatic heterocycles. The lowest BCUT2D eigenvalue weighted by Crippen LogP contribution is -2.51. The quantitative estimate of drug-likeness (QED) is 0.882. The molecule has 114 valence electrons. The lowest BCUT2D eigenvalue weighted by molar-refractivity contribution is -0.143. The summed E-state index contributed by atoms with van der Waals surface area (Å²) in [6, 6.07) is 1.00. The Kier molecular flexibility index (Phi) is 4.40. The van der Waals surface area contributed by atoms with E-state index >= 15 is 0 Å². The van der Waals surface area contributed by atoms with Gasteiger partial charge in [-0.25, -0.2) is 18.4 Å². The van der Waals surface area contributed by atoms with Crippen molar-refractivity contribution in [1.82, 2.24) is 4.90 Å². The van der Waals surface area contributed by atoms with Gasteiger partial charge < -0.3 is 15.3 Å². The molecular weight excluding hydrogens is 282 g/mol. The van der Waals surface area contributed by atoms with Gasteiger partial charge in [-0.2, -0.15) is 0 Å². The van der Waals surface area contributed by atoms with Crippen molar-refractivity contribution < 1.29 is 23.5 Å². The maximum atomic E-state index is 13.5. The molecular formula is C14H16F2N2O3. The van der Waals surface area contributed by atoms with Crippen LogP contribution in [0.4, 0.5) is 19.3 Å². The first-order valence-electron chi connectivity index (χ1n) is 6.64. The summed E-state index contributed by atoms with van der Waals surface area (Å²) in [4.78, 5) is 24.5. The predicted octanol–water partition coefficient (Wildman–Crippen LogP) is 2.68. The van der Waals surface area contributed by atoms with E-state index in [0.717, 1.165) is 23.1 Å². The van der Waals surface area contributed by atoms with Crippen LogP contribution in [0.5, 0.6) is 0 Å². The van der Waals surface area contributed by atoms with Gasteiger partial charge in [0.2, 0.25) is 0 Å². The smallest absolute Gasteiger partial charge is 0.326 e. The van der Waals surface area contributed by atoms with Gasteiger partial charge in [-0.3, -0.25) is 0 Å². The summed E-state index contributed by atoms with van der Waals surface area (Å²) in [5, 5.41) is 11.4. The Hall–Kier alpha value is -2.18. The van der Waals surface area contributed by atoms with E-state index in [1.165, 1.54) is 0 Å². The van der Waals surface area contributed by atoms with E-state index in [9.17, 15) is 23.5 Å². The number of likely N-dealkylation sites (tertiary alicyclic amines) is 1. The van der Waals surface area contributed by atoms with E-state index in [1.54, 1.807) is 0 Å². The van der Waals surface area contributed by atoms with Crippen LogP contribution < -0.4 is 5.32 Å². The van der Waals surface area contributed by atoms with Crippen molar-refractivity contribution in [2.75, 3.05) is 11.9 Å². The number of hydrogen-bond acceptors (Lipinski definition) is 2. The summed E-state index contributed by atoms with van der Waals surface area (Å²) < 4.78 is 26.6. The number of aliphatic carboxylic acids is 1. The van der Waals surface area contributed by atoms with Crippen LogP contribution in [0, 0.1) is 17.6 Å². The zero-order valence-electron chi connectivity index (χ0n) is 11.5. The van der Waals surface area contributed by atoms with E-state index in [1.807, 2.05) is 6.92 Å². The van der Waals surface area contributed by atoms with Crippen LogP contribution in [0.15, 0.2) is 18.2 Å². The number of anilines is 1. The number of carboxylic acids is 1. The number of carboxylic acid groups (broad SMARTS) is 1. The fourth-order valence-corrected chi connectivity index (χ4v) is 2.40. The van der Waals surface area contributed by atoms with Crippen LogP contribution in [0.3, 0.4) is 0 Å². The Morgan fingerprint density at radius 1 is 1.38 bits per heavy atom. The number of nitrogens with one attached hydrogen (secondary N) is 1. The van der Waals surface area contributed by atoms with Crippen molar-refractivity contribution in [2.45, 2.75) is 25.8 Å². The summed E-state index contributed by atoms with van der Waals surface area (Å²) in [5.74, 6) is -2.37. The third-order valence-electron chi connectivity index (χ3n) is 3.58. The van der Waals surface area contributed by atoms with Crippen molar-refractivity contribution in [3.63, 3.8) is 0 Å². The number of carbonyl (C=O) groups excluding carboxylic acids is 1. The standard InChI is InChI=1S/C14H16F2N2O3/c1-8-4-5-18(12(6-8)13(19)20)14(21)17-11-7-9(15)2-3-10(11)16/h2-3,7-8,12H,4-6H2,1H3,(H,17,21)(H,19,20). The predicted molar refractivity (Wildman–Crippen MR) is 71.9 cm³/mol. The van der Waals surface area contributed by atoms with Crippen LogP contribution in [-0.2, 0) is 4.79 Å². The number of hydrogen-bond donors (Lipinski definition) is 2. The average Bonchev–Trinajstić information content (AvgIpc) is 2.42. The molecule has 1 aromatic rings. The van der Waals surface area contributed by atoms with Crippen LogP contribution in [0.2, 0.25) is 0 Å². The maximum absolute atomic E-state index is 13.5. The molecule has 1 aliphatic rings. The topological polar surface area (TPSA) is 69.6 Å². The first kappa shape index (κ1) is 15.2. The molecule has 1 fully saturated rings. The minimum absolute atomic E-state index is 0.195. The number of benzene rings is 1. The van der Waals surface area contributed by atoms with Crippen molar-refractivity contribution in [1.29, 1.82) is 0 Å². The van der Waals surface area contributed by atoms with Gasteiger partial charge in [0, 0.05) is 12.6 Å². The van der Waals surface area contributed by atoms with Crippen molar-refractivity contribution in [2.24, 2.45) is 5.92 Å². The fraction of sp³-hybridized carbons (Fsp3) is 0.429. The van der Waals surface area contributed by atoms with Gasteiger partial charge in [-0.15, -0.1) is 0 Å². The lowest BCUT2D eigenvalue weighted by Gasteiger charge is -2.35. The Labute approximate surface area is 120 Å². The number of piperidine rings is 1. The second-order valence-corrected chi connectivity index (χ2v) is 5.23. The summed E-state index contributed by atoms with van der Waals surface area (Å²) >= 11 is 0. The second-order valence-electron chi connectivity index (χ2n) is 5.23. The molecule has 0 aromatic heterocycles. The number of nitrogens with zero attached hydrogens (tertiary/aromatic N) is 1. The van der Waals surface area contributed by atoms with Gasteiger partial charge in [0.15, 0.2) is 0 Å². The van der Waals surface area contributed by atoms with Crippen LogP contribution >= 0.6 is 0 Å². The number of amides is 2. The Morgan fingerprint density at radius 2 is 2.10 bits per heavy atom. The van der Waals surface area contributed by atoms with Gasteiger partial charge >= 0.3 is 12.0 Å². The summed E-state index contributed by atoms with van der Waals surface area (Å²) in [5.41, 5.74) is -0.303. The van der Waals surface area contributed by atoms with Gasteiger partial charge in [0.05, 0.1) is 5.69 Å². The molecule has 2 unspecified atom stereocenters. The van der Waals surface area contributed by atoms with E-state index in [4.69, 9.17) is 0 Å². The Morgan fingerprint density at radius 3 is 2.76 bits per heavy atom. The number of rotatable bonds is 2. The first-order valence-corrected chi connectivity index (χ1v) is 6.64. The maximum Gasteiger partial charge on any atom is 0.326 e. The molecule has 2 amide bonds. The Bertz CT molecular complexity index is 565. The molecule has 1 aromatic carbocycles. The van der Waals surface area contributed by atoms with Crippen LogP contribution in [-0.4, -0.2) is 34.6 Å². The molecule has 2 N–H and O–H groups in total. The van der Waals surface area contributed by atoms with Crippen LogP contribution in [0.1, 0.15) is 19.8 Å². The molecule has 0 aliphatic carbocycles. The Balaban J connectivity index is 2.15. The van der Waals surface area contributed by atoms with Crippen molar-refractivity contribution >= 4 is 17.7 Å². The van der Waals surface area contributed by atoms with Crippen molar-refractivity contribution in [3.8, 4) is 0 Å². The second kappa shape index (κ2) is 6.07. The largest absolute Gasteiger partial charge is 0.480 e. The van der Waals surface area contributed by atoms with Gasteiger partial charge in [0.25, 0.3) is 0 Å². The minimum atomic E-state index is -1.10. The lowest BCUT2D eigenvalue weighted by atomic mass is 9.93. The zero-order valence-corrected chi connectivity index (χ0v) is 11.5. The minimum Gasteiger partial charge on any atom is -0.480 e. The fourth-order valence-electron chi connectivity index (χ4n) is 2.40. The molecule has 2 rings (SSSR count). The van der Waals surface area contributed by atoms with E-state index in [2.05, 4.69) is 5.32 Å². The molecule has 0 spiro atoms. The van der Waals surface area contributed by atoms with Gasteiger partial charge in [0.1, 0.15) is 17.7 Å². The van der Waals surface area contributed by atoms with E-state index in [0.29, 0.717) is 12.8 Å². The molecule has 21 heavy (non-hydrogen) atoms. The highest BCUT2D eigenvalue weighted by Gasteiger charge is 2.35. The van der Waals surface area contributed by atoms with E-state index < -0.39 is 29.7 Å². The average molecular weight is 298 g/mol. The third kappa shape index (κ3) is 3.48. The molecule has 0 radical (unpaired) electrons. The number of urea groups is 1. The third-order valence-corrected chi connectivity index (χ3v) is 3.58. The number of carbonyl (C=O) groups is 2. The van der Waals surface area contributed by atoms with Gasteiger partial charge in [-0.05, 0) is 30.9 Å². The summed E-state index contributed by atoms with van der Waals surface area (Å²) in [6.07, 6.45) is 1.01. The molecule has 0 bridgehead atoms. The monoisotopic (exact) mass is 298 g/mol. The highest BCUT2D eigenvalue weighted by atomic mass is 19.1. The molecule has 1 heterocycles. The SMILES string of the molecule is CC1CCN(C(=O)Nc2cc(F)ccc2F)C(C(=O)O)C1. The zero-order chi connectivity index (χ0) is 15.6. The van der Waals surface area contributed by atoms with Crippen molar-refractivity contribution in [3.05, 3.63) is 29.8 Å². The molecule has 1 saturated heterocycles. The normalized spacial score (nSPS) is 22.0. The molecule has 0 saturated carbocycles. The highest BCUT2D eigenvalue weighted by molar-refractivity contribution is 5.92. The molecule has 2 atom stereocenters. The van der Waals surface area contributed by atoms with Crippen LogP contribution in [0.25, 0.3) is 0 Å². The van der Waals surface area contributed by atoms with Gasteiger partial charge in [-0.1, -0.05) is 6.92 Å². The van der Waals surface area contributed by atoms with E-state index in [-0.39, 0.29) is 18.2 Å². The number of halogens is 2. The summed E-state index contributed by atoms with van der Waals surface area (Å²) in [6.45, 7) is 2.18. The summed E-state index contributed by atoms with van der Waals surface area (Å²) in [7, 11) is 0. The highest BCUT2D eigenvalue weighted by Crippen LogP contribution is 2.24. The molecule has 7 heteroatoms. The first-order chi connectivity index (χ1) is 9.88.